The number of fused-ring (bicyclic) bond motifs is 1. The quantitative estimate of drug-likeness (QED) is 0.460. The van der Waals surface area contributed by atoms with Gasteiger partial charge in [-0.3, -0.25) is 0 Å². The first kappa shape index (κ1) is 20.4. The smallest absolute Gasteiger partial charge is 0.342 e. The number of methoxy groups -OCH3 is 1. The molecular formula is C25H20N2O4S. The molecule has 0 fully saturated rings. The number of cyclic esters (lactones) is 1. The number of aliphatic hydroxyl groups is 1. The molecule has 7 heteroatoms. The number of carbonyl (C=O) groups excluding carboxylic acids is 1. The predicted octanol–water partition coefficient (Wildman–Crippen LogP) is 4.41. The van der Waals surface area contributed by atoms with E-state index in [9.17, 15) is 9.90 Å². The summed E-state index contributed by atoms with van der Waals surface area (Å²) in [5, 5.41) is 11.7. The second kappa shape index (κ2) is 7.85. The lowest BCUT2D eigenvalue weighted by Crippen LogP contribution is -2.29. The maximum Gasteiger partial charge on any atom is 0.342 e. The zero-order valence-corrected chi connectivity index (χ0v) is 18.3. The number of carbonyl (C=O) groups is 1. The molecule has 4 aromatic rings. The molecule has 1 aliphatic rings. The van der Waals surface area contributed by atoms with Gasteiger partial charge < -0.3 is 14.6 Å². The van der Waals surface area contributed by atoms with Crippen molar-refractivity contribution in [1.82, 2.24) is 8.75 Å². The highest BCUT2D eigenvalue weighted by molar-refractivity contribution is 7.00. The van der Waals surface area contributed by atoms with E-state index in [0.29, 0.717) is 33.5 Å². The predicted molar refractivity (Wildman–Crippen MR) is 122 cm³/mol. The van der Waals surface area contributed by atoms with E-state index in [1.165, 1.54) is 0 Å². The van der Waals surface area contributed by atoms with Gasteiger partial charge in [-0.05, 0) is 36.2 Å². The summed E-state index contributed by atoms with van der Waals surface area (Å²) in [5.74, 6) is -1.80. The van der Waals surface area contributed by atoms with Gasteiger partial charge in [0, 0.05) is 17.6 Å². The lowest BCUT2D eigenvalue weighted by molar-refractivity contribution is -0.185. The Bertz CT molecular complexity index is 1360. The van der Waals surface area contributed by atoms with Gasteiger partial charge in [-0.15, -0.1) is 0 Å². The topological polar surface area (TPSA) is 81.5 Å². The van der Waals surface area contributed by atoms with Crippen molar-refractivity contribution >= 4 is 34.3 Å². The summed E-state index contributed by atoms with van der Waals surface area (Å²) in [7, 11) is 1.60. The molecule has 32 heavy (non-hydrogen) atoms. The Balaban J connectivity index is 1.72. The first-order chi connectivity index (χ1) is 15.5. The Morgan fingerprint density at radius 3 is 2.56 bits per heavy atom. The lowest BCUT2D eigenvalue weighted by atomic mass is 9.87. The molecule has 1 N–H and O–H groups in total. The van der Waals surface area contributed by atoms with Gasteiger partial charge in [0.2, 0.25) is 0 Å². The number of hydrogen-bond acceptors (Lipinski definition) is 7. The highest BCUT2D eigenvalue weighted by Crippen LogP contribution is 2.45. The van der Waals surface area contributed by atoms with Crippen LogP contribution in [0.1, 0.15) is 22.3 Å². The molecule has 6 nitrogen and oxygen atoms in total. The fraction of sp³-hybridized carbons (Fsp3) is 0.160. The molecule has 0 bridgehead atoms. The van der Waals surface area contributed by atoms with Crippen molar-refractivity contribution in [2.75, 3.05) is 7.11 Å². The molecule has 1 aliphatic heterocycles. The molecule has 0 radical (unpaired) electrons. The van der Waals surface area contributed by atoms with Crippen molar-refractivity contribution in [2.24, 2.45) is 0 Å². The van der Waals surface area contributed by atoms with Crippen LogP contribution in [0.5, 0.6) is 5.75 Å². The van der Waals surface area contributed by atoms with Crippen LogP contribution < -0.4 is 4.74 Å². The number of aryl methyl sites for hydroxylation is 1. The van der Waals surface area contributed by atoms with Gasteiger partial charge in [-0.2, -0.15) is 8.75 Å². The zero-order chi connectivity index (χ0) is 22.3. The van der Waals surface area contributed by atoms with Gasteiger partial charge in [0.15, 0.2) is 0 Å². The first-order valence-corrected chi connectivity index (χ1v) is 10.8. The zero-order valence-electron chi connectivity index (χ0n) is 17.5. The fourth-order valence-corrected chi connectivity index (χ4v) is 4.55. The minimum atomic E-state index is -1.89. The third kappa shape index (κ3) is 3.36. The van der Waals surface area contributed by atoms with Crippen LogP contribution >= 0.6 is 11.7 Å². The van der Waals surface area contributed by atoms with Crippen LogP contribution in [0.2, 0.25) is 0 Å². The first-order valence-electron chi connectivity index (χ1n) is 10.1. The van der Waals surface area contributed by atoms with Crippen LogP contribution in [0.4, 0.5) is 0 Å². The molecule has 1 aromatic heterocycles. The minimum Gasteiger partial charge on any atom is -0.496 e. The monoisotopic (exact) mass is 444 g/mol. The Labute approximate surface area is 189 Å². The molecule has 1 atom stereocenters. The number of rotatable bonds is 5. The van der Waals surface area contributed by atoms with Crippen molar-refractivity contribution in [1.29, 1.82) is 0 Å². The molecule has 5 rings (SSSR count). The van der Waals surface area contributed by atoms with E-state index in [2.05, 4.69) is 8.75 Å². The lowest BCUT2D eigenvalue weighted by Gasteiger charge is -2.26. The Morgan fingerprint density at radius 1 is 1.03 bits per heavy atom. The Hall–Kier alpha value is -3.55. The number of esters is 1. The largest absolute Gasteiger partial charge is 0.496 e. The number of nitrogens with zero attached hydrogens (tertiary/aromatic N) is 2. The SMILES string of the molecule is COc1ccccc1CC1=C(c2ccc3nsnc3c2)C(=O)OC1(O)c1ccc(C)cc1. The molecule has 0 saturated heterocycles. The maximum absolute atomic E-state index is 13.2. The van der Waals surface area contributed by atoms with Gasteiger partial charge in [-0.25, -0.2) is 4.79 Å². The standard InChI is InChI=1S/C25H20N2O4S/c1-15-7-10-18(11-8-15)25(29)19(13-16-5-3-4-6-22(16)30-2)23(24(28)31-25)17-9-12-20-21(14-17)27-32-26-20/h3-12,14,29H,13H2,1-2H3. The minimum absolute atomic E-state index is 0.267. The molecule has 0 amide bonds. The maximum atomic E-state index is 13.2. The van der Waals surface area contributed by atoms with Crippen LogP contribution in [0.25, 0.3) is 16.6 Å². The average Bonchev–Trinajstić information content (AvgIpc) is 3.36. The van der Waals surface area contributed by atoms with E-state index in [1.807, 2.05) is 55.5 Å². The van der Waals surface area contributed by atoms with E-state index in [1.54, 1.807) is 25.3 Å². The van der Waals surface area contributed by atoms with Gasteiger partial charge in [0.1, 0.15) is 16.8 Å². The summed E-state index contributed by atoms with van der Waals surface area (Å²) < 4.78 is 19.7. The normalized spacial score (nSPS) is 18.3. The molecule has 1 unspecified atom stereocenters. The molecule has 2 heterocycles. The molecule has 0 aliphatic carbocycles. The molecule has 0 spiro atoms. The van der Waals surface area contributed by atoms with Gasteiger partial charge in [0.05, 0.1) is 24.4 Å². The summed E-state index contributed by atoms with van der Waals surface area (Å²) in [6.07, 6.45) is 0.267. The Morgan fingerprint density at radius 2 is 1.78 bits per heavy atom. The van der Waals surface area contributed by atoms with Crippen molar-refractivity contribution in [3.8, 4) is 5.75 Å². The van der Waals surface area contributed by atoms with Gasteiger partial charge in [0.25, 0.3) is 5.79 Å². The van der Waals surface area contributed by atoms with Crippen LogP contribution in [0, 0.1) is 6.92 Å². The number of benzene rings is 3. The van der Waals surface area contributed by atoms with Crippen LogP contribution in [-0.2, 0) is 21.7 Å². The summed E-state index contributed by atoms with van der Waals surface area (Å²) in [5.41, 5.74) is 5.23. The molecule has 160 valence electrons. The third-order valence-electron chi connectivity index (χ3n) is 5.70. The van der Waals surface area contributed by atoms with Crippen molar-refractivity contribution in [2.45, 2.75) is 19.1 Å². The third-order valence-corrected chi connectivity index (χ3v) is 6.26. The summed E-state index contributed by atoms with van der Waals surface area (Å²) in [6, 6.07) is 20.3. The Kier molecular flexibility index (Phi) is 5.00. The molecule has 3 aromatic carbocycles. The number of ether oxygens (including phenoxy) is 2. The van der Waals surface area contributed by atoms with Gasteiger partial charge in [-0.1, -0.05) is 54.1 Å². The fourth-order valence-electron chi connectivity index (χ4n) is 4.03. The second-order valence-corrected chi connectivity index (χ2v) is 8.24. The average molecular weight is 445 g/mol. The van der Waals surface area contributed by atoms with E-state index in [-0.39, 0.29) is 6.42 Å². The van der Waals surface area contributed by atoms with Crippen molar-refractivity contribution in [3.05, 3.63) is 94.6 Å². The number of hydrogen-bond donors (Lipinski definition) is 1. The summed E-state index contributed by atoms with van der Waals surface area (Å²) >= 11 is 1.11. The highest BCUT2D eigenvalue weighted by Gasteiger charge is 2.48. The van der Waals surface area contributed by atoms with Crippen LogP contribution in [0.3, 0.4) is 0 Å². The number of aromatic nitrogens is 2. The summed E-state index contributed by atoms with van der Waals surface area (Å²) in [4.78, 5) is 13.2. The van der Waals surface area contributed by atoms with E-state index >= 15 is 0 Å². The van der Waals surface area contributed by atoms with E-state index in [0.717, 1.165) is 28.4 Å². The van der Waals surface area contributed by atoms with Crippen molar-refractivity contribution in [3.63, 3.8) is 0 Å². The highest BCUT2D eigenvalue weighted by atomic mass is 32.1. The van der Waals surface area contributed by atoms with Gasteiger partial charge >= 0.3 is 5.97 Å². The second-order valence-electron chi connectivity index (χ2n) is 7.71. The molecular weight excluding hydrogens is 424 g/mol. The van der Waals surface area contributed by atoms with Crippen molar-refractivity contribution < 1.29 is 19.4 Å². The van der Waals surface area contributed by atoms with E-state index in [4.69, 9.17) is 9.47 Å². The van der Waals surface area contributed by atoms with Crippen LogP contribution in [0.15, 0.2) is 72.3 Å². The van der Waals surface area contributed by atoms with Crippen LogP contribution in [-0.4, -0.2) is 26.9 Å². The molecule has 0 saturated carbocycles. The number of para-hydroxylation sites is 1. The summed E-state index contributed by atoms with van der Waals surface area (Å²) in [6.45, 7) is 1.96. The van der Waals surface area contributed by atoms with E-state index < -0.39 is 11.8 Å².